The molecule has 0 aromatic heterocycles. The van der Waals surface area contributed by atoms with E-state index < -0.39 is 17.8 Å². The number of benzene rings is 2. The lowest BCUT2D eigenvalue weighted by atomic mass is 10.1. The smallest absolute Gasteiger partial charge is 0.247 e. The first-order valence-corrected chi connectivity index (χ1v) is 12.2. The Morgan fingerprint density at radius 2 is 2.06 bits per heavy atom. The summed E-state index contributed by atoms with van der Waals surface area (Å²) in [6.07, 6.45) is 2.96. The van der Waals surface area contributed by atoms with Crippen molar-refractivity contribution >= 4 is 52.5 Å². The van der Waals surface area contributed by atoms with E-state index in [1.54, 1.807) is 30.3 Å². The minimum atomic E-state index is -0.825. The third-order valence-corrected chi connectivity index (χ3v) is 6.58. The molecule has 2 saturated heterocycles. The van der Waals surface area contributed by atoms with E-state index in [9.17, 15) is 14.0 Å². The molecule has 2 aliphatic rings. The minimum Gasteiger partial charge on any atom is -0.377 e. The fourth-order valence-electron chi connectivity index (χ4n) is 4.08. The zero-order chi connectivity index (χ0) is 25.7. The molecular formula is C25H26Cl2FN3O5. The maximum absolute atomic E-state index is 14.8. The van der Waals surface area contributed by atoms with E-state index in [4.69, 9.17) is 37.5 Å². The summed E-state index contributed by atoms with van der Waals surface area (Å²) in [4.78, 5) is 32.9. The summed E-state index contributed by atoms with van der Waals surface area (Å²) in [6, 6.07) is 8.56. The Labute approximate surface area is 218 Å². The number of hydroxylamine groups is 1. The number of ether oxygens (including phenoxy) is 2. The lowest BCUT2D eigenvalue weighted by Gasteiger charge is -2.28. The SMILES string of the molecule is CCO[C@@H]1C[C@H](C(=O)Nc2ccc(N3CCOCO3)cc2F)N(C(=O)C=Cc2ccc(Cl)c(Cl)c2)C1. The van der Waals surface area contributed by atoms with E-state index in [1.165, 1.54) is 28.2 Å². The van der Waals surface area contributed by atoms with Crippen LogP contribution < -0.4 is 10.4 Å². The molecule has 0 bridgehead atoms. The molecule has 2 aromatic carbocycles. The number of nitrogens with zero attached hydrogens (tertiary/aromatic N) is 2. The molecule has 192 valence electrons. The summed E-state index contributed by atoms with van der Waals surface area (Å²) in [5.74, 6) is -1.49. The number of likely N-dealkylation sites (tertiary alicyclic amines) is 1. The van der Waals surface area contributed by atoms with Gasteiger partial charge in [-0.2, -0.15) is 0 Å². The molecule has 0 radical (unpaired) electrons. The normalized spacial score (nSPS) is 20.2. The van der Waals surface area contributed by atoms with Crippen molar-refractivity contribution in [3.05, 3.63) is 63.9 Å². The van der Waals surface area contributed by atoms with E-state index >= 15 is 0 Å². The Bertz CT molecular complexity index is 1140. The van der Waals surface area contributed by atoms with Gasteiger partial charge >= 0.3 is 0 Å². The van der Waals surface area contributed by atoms with Crippen LogP contribution in [0.3, 0.4) is 0 Å². The van der Waals surface area contributed by atoms with Crippen molar-refractivity contribution in [1.29, 1.82) is 0 Å². The number of carbonyl (C=O) groups excluding carboxylic acids is 2. The van der Waals surface area contributed by atoms with Crippen molar-refractivity contribution in [2.45, 2.75) is 25.5 Å². The Kier molecular flexibility index (Phi) is 8.81. The molecule has 2 amide bonds. The van der Waals surface area contributed by atoms with Gasteiger partial charge in [-0.1, -0.05) is 29.3 Å². The van der Waals surface area contributed by atoms with Crippen molar-refractivity contribution < 1.29 is 28.3 Å². The fourth-order valence-corrected chi connectivity index (χ4v) is 4.38. The molecule has 2 fully saturated rings. The van der Waals surface area contributed by atoms with Gasteiger partial charge in [-0.05, 0) is 42.8 Å². The molecule has 0 saturated carbocycles. The minimum absolute atomic E-state index is 0.00983. The summed E-state index contributed by atoms with van der Waals surface area (Å²) in [5, 5.41) is 4.92. The first-order valence-electron chi connectivity index (χ1n) is 11.5. The zero-order valence-corrected chi connectivity index (χ0v) is 21.1. The molecule has 0 aliphatic carbocycles. The number of amides is 2. The highest BCUT2D eigenvalue weighted by Crippen LogP contribution is 2.27. The van der Waals surface area contributed by atoms with Crippen LogP contribution in [0.1, 0.15) is 18.9 Å². The molecule has 2 heterocycles. The van der Waals surface area contributed by atoms with Gasteiger partial charge in [0.1, 0.15) is 11.9 Å². The average molecular weight is 538 g/mol. The summed E-state index contributed by atoms with van der Waals surface area (Å²) >= 11 is 12.0. The van der Waals surface area contributed by atoms with Gasteiger partial charge in [0, 0.05) is 31.7 Å². The van der Waals surface area contributed by atoms with Crippen LogP contribution in [0, 0.1) is 5.82 Å². The molecule has 11 heteroatoms. The van der Waals surface area contributed by atoms with E-state index in [0.717, 1.165) is 0 Å². The maximum Gasteiger partial charge on any atom is 0.247 e. The van der Waals surface area contributed by atoms with Gasteiger partial charge in [-0.15, -0.1) is 0 Å². The van der Waals surface area contributed by atoms with E-state index in [1.807, 2.05) is 6.92 Å². The zero-order valence-electron chi connectivity index (χ0n) is 19.6. The van der Waals surface area contributed by atoms with Crippen molar-refractivity contribution in [3.63, 3.8) is 0 Å². The van der Waals surface area contributed by atoms with E-state index in [2.05, 4.69) is 5.32 Å². The Hall–Kier alpha value is -2.69. The van der Waals surface area contributed by atoms with Gasteiger partial charge in [0.05, 0.1) is 40.7 Å². The maximum atomic E-state index is 14.8. The third kappa shape index (κ3) is 6.35. The largest absolute Gasteiger partial charge is 0.377 e. The van der Waals surface area contributed by atoms with Crippen molar-refractivity contribution in [2.24, 2.45) is 0 Å². The fraction of sp³-hybridized carbons (Fsp3) is 0.360. The molecule has 36 heavy (non-hydrogen) atoms. The molecule has 4 rings (SSSR count). The van der Waals surface area contributed by atoms with Crippen LogP contribution in [-0.2, 0) is 23.9 Å². The molecule has 2 aliphatic heterocycles. The van der Waals surface area contributed by atoms with Gasteiger partial charge in [0.2, 0.25) is 11.8 Å². The van der Waals surface area contributed by atoms with Crippen molar-refractivity contribution in [1.82, 2.24) is 4.90 Å². The lowest BCUT2D eigenvalue weighted by molar-refractivity contribution is -0.132. The van der Waals surface area contributed by atoms with Gasteiger partial charge < -0.3 is 19.7 Å². The second-order valence-corrected chi connectivity index (χ2v) is 9.05. The van der Waals surface area contributed by atoms with Crippen LogP contribution in [0.15, 0.2) is 42.5 Å². The number of halogens is 3. The Morgan fingerprint density at radius 3 is 2.75 bits per heavy atom. The molecule has 8 nitrogen and oxygen atoms in total. The van der Waals surface area contributed by atoms with Crippen molar-refractivity contribution in [3.8, 4) is 0 Å². The molecule has 2 atom stereocenters. The van der Waals surface area contributed by atoms with Crippen LogP contribution in [0.2, 0.25) is 10.0 Å². The number of hydrogen-bond donors (Lipinski definition) is 1. The van der Waals surface area contributed by atoms with E-state index in [0.29, 0.717) is 47.5 Å². The predicted molar refractivity (Wildman–Crippen MR) is 135 cm³/mol. The summed E-state index contributed by atoms with van der Waals surface area (Å²) in [7, 11) is 0. The highest BCUT2D eigenvalue weighted by Gasteiger charge is 2.39. The number of carbonyl (C=O) groups is 2. The first kappa shape index (κ1) is 26.4. The highest BCUT2D eigenvalue weighted by atomic mass is 35.5. The molecule has 0 unspecified atom stereocenters. The topological polar surface area (TPSA) is 80.3 Å². The quantitative estimate of drug-likeness (QED) is 0.523. The number of anilines is 2. The predicted octanol–water partition coefficient (Wildman–Crippen LogP) is 4.52. The summed E-state index contributed by atoms with van der Waals surface area (Å²) in [6.45, 7) is 3.54. The first-order chi connectivity index (χ1) is 17.4. The number of hydrogen-bond acceptors (Lipinski definition) is 6. The van der Waals surface area contributed by atoms with Gasteiger partial charge in [-0.3, -0.25) is 9.59 Å². The number of nitrogens with one attached hydrogen (secondary N) is 1. The van der Waals surface area contributed by atoms with Crippen LogP contribution in [-0.4, -0.2) is 62.0 Å². The molecular weight excluding hydrogens is 512 g/mol. The van der Waals surface area contributed by atoms with Crippen LogP contribution in [0.25, 0.3) is 6.08 Å². The second kappa shape index (κ2) is 12.0. The highest BCUT2D eigenvalue weighted by molar-refractivity contribution is 6.42. The summed E-state index contributed by atoms with van der Waals surface area (Å²) < 4.78 is 25.6. The van der Waals surface area contributed by atoms with Gasteiger partial charge in [0.25, 0.3) is 0 Å². The average Bonchev–Trinajstić information content (AvgIpc) is 3.31. The molecule has 0 spiro atoms. The monoisotopic (exact) mass is 537 g/mol. The molecule has 1 N–H and O–H groups in total. The standard InChI is InChI=1S/C25H26Cl2FN3O5/c1-2-35-18-13-23(30(14-18)24(32)8-4-16-3-6-19(26)20(27)11-16)25(33)29-22-7-5-17(12-21(22)28)31-9-10-34-15-36-31/h3-8,11-12,18,23H,2,9-10,13-15H2,1H3,(H,29,33)/t18-,23-/m1/s1. The van der Waals surface area contributed by atoms with Gasteiger partial charge in [-0.25, -0.2) is 14.3 Å². The second-order valence-electron chi connectivity index (χ2n) is 8.24. The van der Waals surface area contributed by atoms with Crippen LogP contribution in [0.5, 0.6) is 0 Å². The van der Waals surface area contributed by atoms with Crippen LogP contribution in [0.4, 0.5) is 15.8 Å². The van der Waals surface area contributed by atoms with Gasteiger partial charge in [0.15, 0.2) is 6.79 Å². The van der Waals surface area contributed by atoms with E-state index in [-0.39, 0.29) is 31.0 Å². The Balaban J connectivity index is 1.46. The van der Waals surface area contributed by atoms with Crippen molar-refractivity contribution in [2.75, 3.05) is 43.5 Å². The summed E-state index contributed by atoms with van der Waals surface area (Å²) in [5.41, 5.74) is 1.21. The number of rotatable bonds is 7. The molecule has 2 aromatic rings. The van der Waals surface area contributed by atoms with Crippen LogP contribution >= 0.6 is 23.2 Å². The Morgan fingerprint density at radius 1 is 1.22 bits per heavy atom. The third-order valence-electron chi connectivity index (χ3n) is 5.84. The lowest BCUT2D eigenvalue weighted by Crippen LogP contribution is -2.42.